The maximum atomic E-state index is 12.4. The van der Waals surface area contributed by atoms with Gasteiger partial charge < -0.3 is 11.1 Å². The van der Waals surface area contributed by atoms with E-state index in [0.717, 1.165) is 5.56 Å². The molecule has 7 nitrogen and oxygen atoms in total. The van der Waals surface area contributed by atoms with Crippen LogP contribution in [0.1, 0.15) is 26.3 Å². The summed E-state index contributed by atoms with van der Waals surface area (Å²) in [5, 5.41) is 10.6. The number of halogens is 1. The van der Waals surface area contributed by atoms with Crippen molar-refractivity contribution in [2.45, 2.75) is 6.54 Å². The Labute approximate surface area is 148 Å². The first-order valence-corrected chi connectivity index (χ1v) is 7.74. The fourth-order valence-corrected chi connectivity index (χ4v) is 2.40. The van der Waals surface area contributed by atoms with Gasteiger partial charge in [0.2, 0.25) is 5.91 Å². The van der Waals surface area contributed by atoms with Crippen molar-refractivity contribution in [3.05, 3.63) is 76.6 Å². The highest BCUT2D eigenvalue weighted by Crippen LogP contribution is 2.23. The highest BCUT2D eigenvalue weighted by molar-refractivity contribution is 6.34. The summed E-state index contributed by atoms with van der Waals surface area (Å²) in [5.41, 5.74) is 7.28. The van der Waals surface area contributed by atoms with Gasteiger partial charge in [-0.2, -0.15) is 0 Å². The Morgan fingerprint density at radius 3 is 2.48 bits per heavy atom. The van der Waals surface area contributed by atoms with Crippen molar-refractivity contribution in [2.75, 3.05) is 5.32 Å². The summed E-state index contributed by atoms with van der Waals surface area (Å²) in [6.07, 6.45) is 3.36. The van der Waals surface area contributed by atoms with E-state index < -0.39 is 5.91 Å². The van der Waals surface area contributed by atoms with Crippen LogP contribution in [0.2, 0.25) is 5.02 Å². The van der Waals surface area contributed by atoms with Crippen LogP contribution in [0.4, 0.5) is 5.69 Å². The summed E-state index contributed by atoms with van der Waals surface area (Å²) in [7, 11) is 0. The lowest BCUT2D eigenvalue weighted by Gasteiger charge is -2.09. The molecule has 0 aliphatic rings. The van der Waals surface area contributed by atoms with Gasteiger partial charge in [-0.3, -0.25) is 9.59 Å². The standard InChI is InChI=1S/C17H14ClN5O2/c18-14-6-5-13(16(19)24)9-15(14)21-17(25)12-3-1-11(2-4-12)10-23-8-7-20-22-23/h1-9H,10H2,(H2,19,24)(H,21,25). The van der Waals surface area contributed by atoms with Gasteiger partial charge in [-0.25, -0.2) is 4.68 Å². The number of primary amides is 1. The largest absolute Gasteiger partial charge is 0.366 e. The Kier molecular flexibility index (Phi) is 4.76. The Hall–Kier alpha value is -3.19. The van der Waals surface area contributed by atoms with Gasteiger partial charge in [0.15, 0.2) is 0 Å². The summed E-state index contributed by atoms with van der Waals surface area (Å²) >= 11 is 6.05. The summed E-state index contributed by atoms with van der Waals surface area (Å²) in [6, 6.07) is 11.5. The number of nitrogens with two attached hydrogens (primary N) is 1. The van der Waals surface area contributed by atoms with Crippen molar-refractivity contribution in [3.63, 3.8) is 0 Å². The lowest BCUT2D eigenvalue weighted by Crippen LogP contribution is -2.15. The molecule has 0 bridgehead atoms. The van der Waals surface area contributed by atoms with Crippen molar-refractivity contribution in [1.82, 2.24) is 15.0 Å². The fourth-order valence-electron chi connectivity index (χ4n) is 2.23. The molecule has 0 aliphatic heterocycles. The molecule has 0 fully saturated rings. The molecule has 0 saturated heterocycles. The zero-order valence-corrected chi connectivity index (χ0v) is 13.8. The van der Waals surface area contributed by atoms with E-state index >= 15 is 0 Å². The van der Waals surface area contributed by atoms with Gasteiger partial charge >= 0.3 is 0 Å². The molecule has 3 rings (SSSR count). The first-order chi connectivity index (χ1) is 12.0. The van der Waals surface area contributed by atoms with E-state index in [4.69, 9.17) is 17.3 Å². The van der Waals surface area contributed by atoms with Gasteiger partial charge in [0.1, 0.15) is 0 Å². The van der Waals surface area contributed by atoms with Gasteiger partial charge in [-0.1, -0.05) is 28.9 Å². The highest BCUT2D eigenvalue weighted by atomic mass is 35.5. The maximum Gasteiger partial charge on any atom is 0.255 e. The van der Waals surface area contributed by atoms with E-state index in [9.17, 15) is 9.59 Å². The second kappa shape index (κ2) is 7.14. The van der Waals surface area contributed by atoms with Crippen LogP contribution < -0.4 is 11.1 Å². The number of anilines is 1. The van der Waals surface area contributed by atoms with E-state index in [1.807, 2.05) is 12.1 Å². The van der Waals surface area contributed by atoms with E-state index in [0.29, 0.717) is 22.8 Å². The van der Waals surface area contributed by atoms with Crippen LogP contribution in [0.5, 0.6) is 0 Å². The van der Waals surface area contributed by atoms with Crippen molar-refractivity contribution in [3.8, 4) is 0 Å². The fraction of sp³-hybridized carbons (Fsp3) is 0.0588. The second-order valence-corrected chi connectivity index (χ2v) is 5.72. The zero-order valence-electron chi connectivity index (χ0n) is 13.0. The number of hydrogen-bond donors (Lipinski definition) is 2. The van der Waals surface area contributed by atoms with Crippen LogP contribution >= 0.6 is 11.6 Å². The van der Waals surface area contributed by atoms with Crippen molar-refractivity contribution >= 4 is 29.1 Å². The first kappa shape index (κ1) is 16.7. The molecule has 25 heavy (non-hydrogen) atoms. The number of amides is 2. The molecule has 0 saturated carbocycles. The molecule has 3 N–H and O–H groups in total. The topological polar surface area (TPSA) is 103 Å². The van der Waals surface area contributed by atoms with Crippen molar-refractivity contribution in [2.24, 2.45) is 5.73 Å². The molecule has 1 heterocycles. The average molecular weight is 356 g/mol. The molecule has 0 radical (unpaired) electrons. The Bertz CT molecular complexity index is 907. The number of nitrogens with one attached hydrogen (secondary N) is 1. The minimum atomic E-state index is -0.593. The number of nitrogens with zero attached hydrogens (tertiary/aromatic N) is 3. The number of hydrogen-bond acceptors (Lipinski definition) is 4. The number of aromatic nitrogens is 3. The van der Waals surface area contributed by atoms with Crippen LogP contribution in [0, 0.1) is 0 Å². The first-order valence-electron chi connectivity index (χ1n) is 7.36. The Morgan fingerprint density at radius 1 is 1.12 bits per heavy atom. The number of carbonyl (C=O) groups excluding carboxylic acids is 2. The van der Waals surface area contributed by atoms with E-state index in [1.54, 1.807) is 29.2 Å². The highest BCUT2D eigenvalue weighted by Gasteiger charge is 2.11. The summed E-state index contributed by atoms with van der Waals surface area (Å²) in [5.74, 6) is -0.930. The van der Waals surface area contributed by atoms with Crippen LogP contribution in [0.3, 0.4) is 0 Å². The quantitative estimate of drug-likeness (QED) is 0.733. The van der Waals surface area contributed by atoms with Crippen molar-refractivity contribution in [1.29, 1.82) is 0 Å². The van der Waals surface area contributed by atoms with Gasteiger partial charge in [0, 0.05) is 17.3 Å². The summed E-state index contributed by atoms with van der Waals surface area (Å²) in [4.78, 5) is 23.6. The average Bonchev–Trinajstić information content (AvgIpc) is 3.10. The molecule has 0 spiro atoms. The van der Waals surface area contributed by atoms with Crippen molar-refractivity contribution < 1.29 is 9.59 Å². The molecule has 126 valence electrons. The van der Waals surface area contributed by atoms with Gasteiger partial charge in [-0.05, 0) is 35.9 Å². The Balaban J connectivity index is 1.73. The molecule has 3 aromatic rings. The second-order valence-electron chi connectivity index (χ2n) is 5.31. The molecule has 1 aromatic heterocycles. The monoisotopic (exact) mass is 355 g/mol. The number of carbonyl (C=O) groups is 2. The Morgan fingerprint density at radius 2 is 1.84 bits per heavy atom. The maximum absolute atomic E-state index is 12.4. The summed E-state index contributed by atoms with van der Waals surface area (Å²) in [6.45, 7) is 0.564. The molecule has 8 heteroatoms. The van der Waals surface area contributed by atoms with E-state index in [-0.39, 0.29) is 11.5 Å². The predicted octanol–water partition coefficient (Wildman–Crippen LogP) is 2.33. The molecule has 0 aliphatic carbocycles. The van der Waals surface area contributed by atoms with E-state index in [1.165, 1.54) is 18.2 Å². The van der Waals surface area contributed by atoms with Gasteiger partial charge in [-0.15, -0.1) is 5.10 Å². The number of rotatable bonds is 5. The molecular formula is C17H14ClN5O2. The van der Waals surface area contributed by atoms with E-state index in [2.05, 4.69) is 15.6 Å². The van der Waals surface area contributed by atoms with Crippen LogP contribution in [-0.4, -0.2) is 26.8 Å². The van der Waals surface area contributed by atoms with Crippen LogP contribution in [0.15, 0.2) is 54.9 Å². The van der Waals surface area contributed by atoms with Gasteiger partial charge in [0.05, 0.1) is 23.5 Å². The van der Waals surface area contributed by atoms with Crippen LogP contribution in [0.25, 0.3) is 0 Å². The predicted molar refractivity (Wildman–Crippen MR) is 93.5 cm³/mol. The third-order valence-corrected chi connectivity index (χ3v) is 3.86. The normalized spacial score (nSPS) is 10.4. The minimum Gasteiger partial charge on any atom is -0.366 e. The van der Waals surface area contributed by atoms with Crippen LogP contribution in [-0.2, 0) is 6.54 Å². The molecule has 2 amide bonds. The lowest BCUT2D eigenvalue weighted by molar-refractivity contribution is 0.0996. The molecule has 2 aromatic carbocycles. The molecule has 0 atom stereocenters. The third kappa shape index (κ3) is 4.02. The smallest absolute Gasteiger partial charge is 0.255 e. The molecule has 0 unspecified atom stereocenters. The molecular weight excluding hydrogens is 342 g/mol. The number of benzene rings is 2. The minimum absolute atomic E-state index is 0.267. The lowest BCUT2D eigenvalue weighted by atomic mass is 10.1. The summed E-state index contributed by atoms with van der Waals surface area (Å²) < 4.78 is 1.68. The SMILES string of the molecule is NC(=O)c1ccc(Cl)c(NC(=O)c2ccc(Cn3ccnn3)cc2)c1. The van der Waals surface area contributed by atoms with Gasteiger partial charge in [0.25, 0.3) is 5.91 Å². The third-order valence-electron chi connectivity index (χ3n) is 3.53. The zero-order chi connectivity index (χ0) is 17.8.